The van der Waals surface area contributed by atoms with Gasteiger partial charge in [-0.3, -0.25) is 19.3 Å². The normalized spacial score (nSPS) is 14.1. The third kappa shape index (κ3) is 7.39. The van der Waals surface area contributed by atoms with Crippen molar-refractivity contribution in [1.82, 2.24) is 10.2 Å². The standard InChI is InChI=1S/C33H30N4O8S/c1-45-24-13-7-19(8-14-24)17-37-18-26-25(27(32(41)42)31(46-26)36-30(40)33(43)44)15-23(37)16-34-28(38)21-9-11-22(12-10-21)35-29(39)20-5-3-2-4-6-20/h2-14,23H,15-18H2,1H3,(H,34,38)(H,35,39)(H,36,40)(H,41,42)(H,43,44). The number of carboxylic acid groups (broad SMARTS) is 2. The second-order valence-electron chi connectivity index (χ2n) is 10.5. The first-order valence-electron chi connectivity index (χ1n) is 14.2. The third-order valence-corrected chi connectivity index (χ3v) is 8.64. The molecule has 1 aliphatic rings. The SMILES string of the molecule is COc1ccc(CN2Cc3sc(NC(=O)C(=O)O)c(C(=O)O)c3CC2CNC(=O)c2ccc(NC(=O)c3ccccc3)cc2)cc1. The summed E-state index contributed by atoms with van der Waals surface area (Å²) in [4.78, 5) is 63.7. The number of hydrogen-bond donors (Lipinski definition) is 5. The van der Waals surface area contributed by atoms with E-state index in [0.717, 1.165) is 16.9 Å². The number of fused-ring (bicyclic) bond motifs is 1. The number of amides is 3. The van der Waals surface area contributed by atoms with Gasteiger partial charge in [0.15, 0.2) is 0 Å². The second-order valence-corrected chi connectivity index (χ2v) is 11.6. The van der Waals surface area contributed by atoms with Crippen molar-refractivity contribution >= 4 is 51.7 Å². The number of nitrogens with zero attached hydrogens (tertiary/aromatic N) is 1. The van der Waals surface area contributed by atoms with Crippen molar-refractivity contribution < 1.29 is 38.9 Å². The van der Waals surface area contributed by atoms with Crippen LogP contribution in [-0.2, 0) is 29.1 Å². The van der Waals surface area contributed by atoms with Gasteiger partial charge in [-0.15, -0.1) is 11.3 Å². The van der Waals surface area contributed by atoms with Gasteiger partial charge in [-0.1, -0.05) is 30.3 Å². The molecule has 13 heteroatoms. The molecule has 1 aromatic heterocycles. The molecule has 0 saturated heterocycles. The van der Waals surface area contributed by atoms with Crippen LogP contribution in [-0.4, -0.2) is 64.5 Å². The summed E-state index contributed by atoms with van der Waals surface area (Å²) < 4.78 is 5.26. The number of rotatable bonds is 10. The number of thiophene rings is 1. The predicted octanol–water partition coefficient (Wildman–Crippen LogP) is 4.09. The summed E-state index contributed by atoms with van der Waals surface area (Å²) in [5, 5.41) is 26.9. The maximum absolute atomic E-state index is 13.2. The van der Waals surface area contributed by atoms with Crippen LogP contribution >= 0.6 is 11.3 Å². The number of carboxylic acids is 2. The van der Waals surface area contributed by atoms with Gasteiger partial charge in [-0.2, -0.15) is 0 Å². The number of hydrogen-bond acceptors (Lipinski definition) is 8. The van der Waals surface area contributed by atoms with E-state index in [-0.39, 0.29) is 41.4 Å². The fourth-order valence-corrected chi connectivity index (χ4v) is 6.41. The van der Waals surface area contributed by atoms with Crippen molar-refractivity contribution in [2.24, 2.45) is 0 Å². The molecule has 0 radical (unpaired) electrons. The summed E-state index contributed by atoms with van der Waals surface area (Å²) >= 11 is 1.03. The highest BCUT2D eigenvalue weighted by Gasteiger charge is 2.34. The summed E-state index contributed by atoms with van der Waals surface area (Å²) in [5.41, 5.74) is 2.71. The van der Waals surface area contributed by atoms with Gasteiger partial charge >= 0.3 is 17.8 Å². The Morgan fingerprint density at radius 1 is 0.870 bits per heavy atom. The molecule has 3 aromatic carbocycles. The summed E-state index contributed by atoms with van der Waals surface area (Å²) in [5.74, 6) is -4.27. The molecule has 3 amide bonds. The molecule has 5 N–H and O–H groups in total. The molecular formula is C33H30N4O8S. The zero-order valence-corrected chi connectivity index (χ0v) is 25.4. The molecule has 1 atom stereocenters. The maximum Gasteiger partial charge on any atom is 0.394 e. The molecular weight excluding hydrogens is 612 g/mol. The van der Waals surface area contributed by atoms with E-state index >= 15 is 0 Å². The highest BCUT2D eigenvalue weighted by Crippen LogP contribution is 2.39. The second kappa shape index (κ2) is 14.1. The van der Waals surface area contributed by atoms with Gasteiger partial charge in [0, 0.05) is 47.4 Å². The fraction of sp³-hybridized carbons (Fsp3) is 0.182. The Kier molecular flexibility index (Phi) is 9.74. The first-order valence-corrected chi connectivity index (χ1v) is 15.0. The maximum atomic E-state index is 13.2. The zero-order chi connectivity index (χ0) is 32.8. The Labute approximate surface area is 267 Å². The number of ether oxygens (including phenoxy) is 1. The van der Waals surface area contributed by atoms with Gasteiger partial charge in [0.1, 0.15) is 10.8 Å². The quantitative estimate of drug-likeness (QED) is 0.160. The minimum Gasteiger partial charge on any atom is -0.497 e. The Balaban J connectivity index is 1.33. The van der Waals surface area contributed by atoms with Gasteiger partial charge in [0.2, 0.25) is 0 Å². The summed E-state index contributed by atoms with van der Waals surface area (Å²) in [6, 6.07) is 22.4. The van der Waals surface area contributed by atoms with Crippen molar-refractivity contribution in [3.63, 3.8) is 0 Å². The van der Waals surface area contributed by atoms with Crippen LogP contribution in [0.15, 0.2) is 78.9 Å². The Hall–Kier alpha value is -5.53. The molecule has 0 bridgehead atoms. The van der Waals surface area contributed by atoms with Crippen LogP contribution in [0.1, 0.15) is 47.1 Å². The van der Waals surface area contributed by atoms with Crippen LogP contribution in [0.2, 0.25) is 0 Å². The van der Waals surface area contributed by atoms with Crippen LogP contribution in [0, 0.1) is 0 Å². The van der Waals surface area contributed by atoms with E-state index < -0.39 is 17.8 Å². The molecule has 0 spiro atoms. The van der Waals surface area contributed by atoms with Crippen molar-refractivity contribution in [3.8, 4) is 5.75 Å². The highest BCUT2D eigenvalue weighted by atomic mass is 32.1. The lowest BCUT2D eigenvalue weighted by atomic mass is 9.95. The highest BCUT2D eigenvalue weighted by molar-refractivity contribution is 7.17. The summed E-state index contributed by atoms with van der Waals surface area (Å²) in [6.45, 7) is 0.954. The number of aromatic carboxylic acids is 1. The van der Waals surface area contributed by atoms with Gasteiger partial charge in [-0.25, -0.2) is 9.59 Å². The zero-order valence-electron chi connectivity index (χ0n) is 24.6. The number of benzene rings is 3. The number of methoxy groups -OCH3 is 1. The third-order valence-electron chi connectivity index (χ3n) is 7.51. The van der Waals surface area contributed by atoms with Crippen molar-refractivity contribution in [2.45, 2.75) is 25.6 Å². The molecule has 236 valence electrons. The van der Waals surface area contributed by atoms with Gasteiger partial charge in [0.05, 0.1) is 12.7 Å². The molecule has 5 rings (SSSR count). The molecule has 4 aromatic rings. The first kappa shape index (κ1) is 31.9. The molecule has 12 nitrogen and oxygen atoms in total. The van der Waals surface area contributed by atoms with E-state index in [1.807, 2.05) is 30.3 Å². The average molecular weight is 643 g/mol. The van der Waals surface area contributed by atoms with Crippen LogP contribution < -0.4 is 20.7 Å². The van der Waals surface area contributed by atoms with Gasteiger partial charge in [-0.05, 0) is 66.1 Å². The Morgan fingerprint density at radius 2 is 1.54 bits per heavy atom. The average Bonchev–Trinajstić information content (AvgIpc) is 3.41. The van der Waals surface area contributed by atoms with Crippen LogP contribution in [0.5, 0.6) is 5.75 Å². The first-order chi connectivity index (χ1) is 22.1. The predicted molar refractivity (Wildman–Crippen MR) is 170 cm³/mol. The Bertz CT molecular complexity index is 1770. The number of nitrogens with one attached hydrogen (secondary N) is 3. The van der Waals surface area contributed by atoms with Crippen molar-refractivity contribution in [1.29, 1.82) is 0 Å². The fourth-order valence-electron chi connectivity index (χ4n) is 5.17. The van der Waals surface area contributed by atoms with Gasteiger partial charge in [0.25, 0.3) is 11.8 Å². The number of aliphatic carboxylic acids is 1. The largest absolute Gasteiger partial charge is 0.497 e. The molecule has 2 heterocycles. The van der Waals surface area contributed by atoms with Crippen LogP contribution in [0.25, 0.3) is 0 Å². The van der Waals surface area contributed by atoms with Crippen molar-refractivity contribution in [2.75, 3.05) is 24.3 Å². The number of anilines is 2. The molecule has 1 unspecified atom stereocenters. The van der Waals surface area contributed by atoms with E-state index in [2.05, 4.69) is 20.9 Å². The lowest BCUT2D eigenvalue weighted by Gasteiger charge is -2.36. The smallest absolute Gasteiger partial charge is 0.394 e. The Morgan fingerprint density at radius 3 is 2.17 bits per heavy atom. The van der Waals surface area contributed by atoms with E-state index in [1.165, 1.54) is 0 Å². The molecule has 0 aliphatic carbocycles. The lowest BCUT2D eigenvalue weighted by molar-refractivity contribution is -0.147. The minimum atomic E-state index is -1.73. The number of carbonyl (C=O) groups is 5. The van der Waals surface area contributed by atoms with Crippen molar-refractivity contribution in [3.05, 3.63) is 112 Å². The molecule has 0 saturated carbocycles. The monoisotopic (exact) mass is 642 g/mol. The minimum absolute atomic E-state index is 0.0431. The summed E-state index contributed by atoms with van der Waals surface area (Å²) in [6.07, 6.45) is 0.233. The van der Waals surface area contributed by atoms with Gasteiger partial charge < -0.3 is 30.9 Å². The van der Waals surface area contributed by atoms with E-state index in [4.69, 9.17) is 9.84 Å². The van der Waals surface area contributed by atoms with E-state index in [0.29, 0.717) is 46.1 Å². The molecule has 46 heavy (non-hydrogen) atoms. The lowest BCUT2D eigenvalue weighted by Crippen LogP contribution is -2.47. The van der Waals surface area contributed by atoms with E-state index in [9.17, 15) is 29.1 Å². The number of carbonyl (C=O) groups excluding carboxylic acids is 3. The summed E-state index contributed by atoms with van der Waals surface area (Å²) in [7, 11) is 1.58. The molecule has 1 aliphatic heterocycles. The van der Waals surface area contributed by atoms with E-state index in [1.54, 1.807) is 55.6 Å². The van der Waals surface area contributed by atoms with Crippen LogP contribution in [0.3, 0.4) is 0 Å². The molecule has 0 fully saturated rings. The van der Waals surface area contributed by atoms with Crippen LogP contribution in [0.4, 0.5) is 10.7 Å². The topological polar surface area (TPSA) is 174 Å².